The molecular formula is C17H27N3. The molecule has 2 heterocycles. The molecule has 3 rings (SSSR count). The van der Waals surface area contributed by atoms with Crippen LogP contribution in [0.5, 0.6) is 0 Å². The molecule has 1 aromatic carbocycles. The van der Waals surface area contributed by atoms with E-state index in [0.29, 0.717) is 6.04 Å². The van der Waals surface area contributed by atoms with Crippen LogP contribution in [-0.2, 0) is 13.0 Å². The van der Waals surface area contributed by atoms with Gasteiger partial charge in [-0.2, -0.15) is 0 Å². The van der Waals surface area contributed by atoms with Crippen LogP contribution in [0.25, 0.3) is 0 Å². The molecule has 0 atom stereocenters. The Bertz CT molecular complexity index is 461. The fraction of sp³-hybridized carbons (Fsp3) is 0.647. The average Bonchev–Trinajstić information content (AvgIpc) is 2.47. The smallest absolute Gasteiger partial charge is 0.0362 e. The predicted octanol–water partition coefficient (Wildman–Crippen LogP) is 2.50. The van der Waals surface area contributed by atoms with Gasteiger partial charge in [0, 0.05) is 30.9 Å². The molecule has 0 bridgehead atoms. The molecule has 20 heavy (non-hydrogen) atoms. The van der Waals surface area contributed by atoms with Gasteiger partial charge in [0.25, 0.3) is 0 Å². The van der Waals surface area contributed by atoms with E-state index in [9.17, 15) is 0 Å². The van der Waals surface area contributed by atoms with Gasteiger partial charge in [0.15, 0.2) is 0 Å². The molecule has 110 valence electrons. The van der Waals surface area contributed by atoms with E-state index < -0.39 is 0 Å². The van der Waals surface area contributed by atoms with Gasteiger partial charge in [0.2, 0.25) is 0 Å². The molecule has 0 radical (unpaired) electrons. The lowest BCUT2D eigenvalue weighted by Gasteiger charge is -2.42. The van der Waals surface area contributed by atoms with Crippen molar-refractivity contribution in [3.8, 4) is 0 Å². The van der Waals surface area contributed by atoms with E-state index in [2.05, 4.69) is 35.8 Å². The third-order valence-corrected chi connectivity index (χ3v) is 5.08. The lowest BCUT2D eigenvalue weighted by Crippen LogP contribution is -2.48. The summed E-state index contributed by atoms with van der Waals surface area (Å²) in [5, 5.41) is 0. The molecule has 1 aromatic rings. The summed E-state index contributed by atoms with van der Waals surface area (Å²) in [6.45, 7) is 9.35. The summed E-state index contributed by atoms with van der Waals surface area (Å²) >= 11 is 0. The number of piperidine rings is 1. The van der Waals surface area contributed by atoms with Gasteiger partial charge in [-0.1, -0.05) is 12.1 Å². The molecule has 0 aliphatic carbocycles. The van der Waals surface area contributed by atoms with Crippen molar-refractivity contribution in [2.75, 3.05) is 25.4 Å². The molecule has 0 amide bonds. The van der Waals surface area contributed by atoms with Gasteiger partial charge in [0.1, 0.15) is 0 Å². The Kier molecular flexibility index (Phi) is 3.99. The second-order valence-corrected chi connectivity index (χ2v) is 6.57. The SMILES string of the molecule is CC(C)N1CCC(N2CCc3cccc(N)c3C2)CC1. The fourth-order valence-corrected chi connectivity index (χ4v) is 3.71. The second kappa shape index (κ2) is 5.74. The summed E-state index contributed by atoms with van der Waals surface area (Å²) in [5.74, 6) is 0. The molecule has 0 aromatic heterocycles. The van der Waals surface area contributed by atoms with Crippen LogP contribution in [0.1, 0.15) is 37.8 Å². The zero-order chi connectivity index (χ0) is 14.1. The number of nitrogens with two attached hydrogens (primary N) is 1. The highest BCUT2D eigenvalue weighted by molar-refractivity contribution is 5.51. The number of fused-ring (bicyclic) bond motifs is 1. The summed E-state index contributed by atoms with van der Waals surface area (Å²) < 4.78 is 0. The van der Waals surface area contributed by atoms with E-state index in [0.717, 1.165) is 24.7 Å². The van der Waals surface area contributed by atoms with Crippen molar-refractivity contribution < 1.29 is 0 Å². The minimum Gasteiger partial charge on any atom is -0.398 e. The third kappa shape index (κ3) is 2.70. The molecule has 1 fully saturated rings. The molecule has 2 aliphatic rings. The zero-order valence-corrected chi connectivity index (χ0v) is 12.8. The first-order valence-corrected chi connectivity index (χ1v) is 7.99. The number of likely N-dealkylation sites (tertiary alicyclic amines) is 1. The molecule has 0 saturated carbocycles. The molecular weight excluding hydrogens is 246 g/mol. The highest BCUT2D eigenvalue weighted by atomic mass is 15.2. The van der Waals surface area contributed by atoms with Crippen LogP contribution >= 0.6 is 0 Å². The fourth-order valence-electron chi connectivity index (χ4n) is 3.71. The Balaban J connectivity index is 1.65. The van der Waals surface area contributed by atoms with E-state index in [1.165, 1.54) is 43.6 Å². The van der Waals surface area contributed by atoms with Crippen LogP contribution in [0.15, 0.2) is 18.2 Å². The van der Waals surface area contributed by atoms with Crippen molar-refractivity contribution in [1.82, 2.24) is 9.80 Å². The summed E-state index contributed by atoms with van der Waals surface area (Å²) in [6.07, 6.45) is 3.77. The second-order valence-electron chi connectivity index (χ2n) is 6.57. The van der Waals surface area contributed by atoms with Gasteiger partial charge in [0.05, 0.1) is 0 Å². The molecule has 2 aliphatic heterocycles. The first kappa shape index (κ1) is 13.9. The highest BCUT2D eigenvalue weighted by Crippen LogP contribution is 2.28. The standard InChI is InChI=1S/C17H27N3/c1-13(2)19-10-7-15(8-11-19)20-9-6-14-4-3-5-17(18)16(14)12-20/h3-5,13,15H,6-12,18H2,1-2H3. The number of nitrogens with zero attached hydrogens (tertiary/aromatic N) is 2. The van der Waals surface area contributed by atoms with Crippen molar-refractivity contribution in [2.24, 2.45) is 0 Å². The summed E-state index contributed by atoms with van der Waals surface area (Å²) in [4.78, 5) is 5.26. The summed E-state index contributed by atoms with van der Waals surface area (Å²) in [7, 11) is 0. The van der Waals surface area contributed by atoms with Gasteiger partial charge in [-0.05, 0) is 63.4 Å². The number of anilines is 1. The van der Waals surface area contributed by atoms with E-state index in [4.69, 9.17) is 5.73 Å². The summed E-state index contributed by atoms with van der Waals surface area (Å²) in [6, 6.07) is 7.81. The normalized spacial score (nSPS) is 22.1. The van der Waals surface area contributed by atoms with Crippen LogP contribution in [-0.4, -0.2) is 41.5 Å². The Hall–Kier alpha value is -1.06. The van der Waals surface area contributed by atoms with Crippen LogP contribution in [0, 0.1) is 0 Å². The van der Waals surface area contributed by atoms with Crippen molar-refractivity contribution in [3.63, 3.8) is 0 Å². The van der Waals surface area contributed by atoms with Gasteiger partial charge >= 0.3 is 0 Å². The number of nitrogen functional groups attached to an aromatic ring is 1. The molecule has 2 N–H and O–H groups in total. The Labute approximate surface area is 122 Å². The van der Waals surface area contributed by atoms with Crippen LogP contribution < -0.4 is 5.73 Å². The number of benzene rings is 1. The quantitative estimate of drug-likeness (QED) is 0.840. The van der Waals surface area contributed by atoms with Crippen LogP contribution in [0.4, 0.5) is 5.69 Å². The zero-order valence-electron chi connectivity index (χ0n) is 12.8. The largest absolute Gasteiger partial charge is 0.398 e. The number of hydrogen-bond acceptors (Lipinski definition) is 3. The maximum absolute atomic E-state index is 6.16. The van der Waals surface area contributed by atoms with Crippen molar-refractivity contribution in [3.05, 3.63) is 29.3 Å². The highest BCUT2D eigenvalue weighted by Gasteiger charge is 2.28. The molecule has 1 saturated heterocycles. The van der Waals surface area contributed by atoms with Gasteiger partial charge in [-0.3, -0.25) is 4.90 Å². The monoisotopic (exact) mass is 273 g/mol. The topological polar surface area (TPSA) is 32.5 Å². The molecule has 0 unspecified atom stereocenters. The lowest BCUT2D eigenvalue weighted by molar-refractivity contribution is 0.0840. The van der Waals surface area contributed by atoms with Crippen LogP contribution in [0.2, 0.25) is 0 Å². The maximum Gasteiger partial charge on any atom is 0.0362 e. The van der Waals surface area contributed by atoms with Crippen LogP contribution in [0.3, 0.4) is 0 Å². The Morgan fingerprint density at radius 2 is 1.90 bits per heavy atom. The third-order valence-electron chi connectivity index (χ3n) is 5.08. The van der Waals surface area contributed by atoms with Crippen molar-refractivity contribution >= 4 is 5.69 Å². The summed E-state index contributed by atoms with van der Waals surface area (Å²) in [5.41, 5.74) is 9.98. The van der Waals surface area contributed by atoms with E-state index >= 15 is 0 Å². The average molecular weight is 273 g/mol. The van der Waals surface area contributed by atoms with E-state index in [1.54, 1.807) is 0 Å². The predicted molar refractivity (Wildman–Crippen MR) is 84.7 cm³/mol. The lowest BCUT2D eigenvalue weighted by atomic mass is 9.94. The van der Waals surface area contributed by atoms with Crippen molar-refractivity contribution in [1.29, 1.82) is 0 Å². The first-order chi connectivity index (χ1) is 9.65. The molecule has 3 nitrogen and oxygen atoms in total. The maximum atomic E-state index is 6.16. The van der Waals surface area contributed by atoms with Gasteiger partial charge < -0.3 is 10.6 Å². The van der Waals surface area contributed by atoms with Gasteiger partial charge in [-0.25, -0.2) is 0 Å². The van der Waals surface area contributed by atoms with Gasteiger partial charge in [-0.15, -0.1) is 0 Å². The number of hydrogen-bond donors (Lipinski definition) is 1. The Morgan fingerprint density at radius 3 is 2.60 bits per heavy atom. The number of rotatable bonds is 2. The minimum atomic E-state index is 0.689. The van der Waals surface area contributed by atoms with Crippen molar-refractivity contribution in [2.45, 2.75) is 51.7 Å². The molecule has 3 heteroatoms. The van der Waals surface area contributed by atoms with E-state index in [-0.39, 0.29) is 0 Å². The van der Waals surface area contributed by atoms with E-state index in [1.807, 2.05) is 6.07 Å². The minimum absolute atomic E-state index is 0.689. The first-order valence-electron chi connectivity index (χ1n) is 7.99. The molecule has 0 spiro atoms. The Morgan fingerprint density at radius 1 is 1.15 bits per heavy atom.